The van der Waals surface area contributed by atoms with Gasteiger partial charge in [-0.25, -0.2) is 4.98 Å². The molecule has 3 aromatic rings. The van der Waals surface area contributed by atoms with Crippen molar-refractivity contribution < 1.29 is 9.66 Å². The second-order valence-electron chi connectivity index (χ2n) is 7.30. The summed E-state index contributed by atoms with van der Waals surface area (Å²) in [4.78, 5) is 17.7. The maximum Gasteiger partial charge on any atom is 0.295 e. The van der Waals surface area contributed by atoms with Gasteiger partial charge in [-0.3, -0.25) is 10.1 Å². The van der Waals surface area contributed by atoms with Gasteiger partial charge in [0, 0.05) is 47.7 Å². The van der Waals surface area contributed by atoms with Gasteiger partial charge in [-0.2, -0.15) is 0 Å². The predicted octanol–water partition coefficient (Wildman–Crippen LogP) is 4.46. The summed E-state index contributed by atoms with van der Waals surface area (Å²) in [7, 11) is 0. The van der Waals surface area contributed by atoms with Gasteiger partial charge in [-0.05, 0) is 37.6 Å². The van der Waals surface area contributed by atoms with E-state index in [0.29, 0.717) is 5.52 Å². The first-order valence-electron chi connectivity index (χ1n) is 9.77. The smallest absolute Gasteiger partial charge is 0.295 e. The fourth-order valence-corrected chi connectivity index (χ4v) is 3.74. The van der Waals surface area contributed by atoms with E-state index in [9.17, 15) is 10.1 Å². The quantitative estimate of drug-likeness (QED) is 0.510. The summed E-state index contributed by atoms with van der Waals surface area (Å²) in [5.41, 5.74) is 4.37. The Morgan fingerprint density at radius 2 is 1.90 bits per heavy atom. The number of nitrogens with zero attached hydrogens (tertiary/aromatic N) is 3. The van der Waals surface area contributed by atoms with Crippen molar-refractivity contribution in [2.75, 3.05) is 36.5 Å². The first-order chi connectivity index (χ1) is 14.0. The molecule has 2 heterocycles. The third-order valence-corrected chi connectivity index (χ3v) is 5.28. The average molecular weight is 392 g/mol. The maximum absolute atomic E-state index is 11.4. The Labute approximate surface area is 169 Å². The number of rotatable bonds is 5. The van der Waals surface area contributed by atoms with Crippen LogP contribution in [-0.4, -0.2) is 36.2 Å². The summed E-state index contributed by atoms with van der Waals surface area (Å²) in [6.07, 6.45) is 0. The SMILES string of the molecule is Cc1cc(NC(C)c2ccc(N3CCOCC3)cc2)c2cccc([N+](=O)[O-])c2n1. The molecule has 0 saturated carbocycles. The number of ether oxygens (including phenoxy) is 1. The summed E-state index contributed by atoms with van der Waals surface area (Å²) in [5.74, 6) is 0. The fourth-order valence-electron chi connectivity index (χ4n) is 3.74. The van der Waals surface area contributed by atoms with Crippen molar-refractivity contribution in [1.29, 1.82) is 0 Å². The Morgan fingerprint density at radius 1 is 1.17 bits per heavy atom. The third-order valence-electron chi connectivity index (χ3n) is 5.28. The van der Waals surface area contributed by atoms with Crippen LogP contribution in [-0.2, 0) is 4.74 Å². The van der Waals surface area contributed by atoms with Crippen LogP contribution < -0.4 is 10.2 Å². The van der Waals surface area contributed by atoms with E-state index in [1.807, 2.05) is 19.1 Å². The minimum atomic E-state index is -0.383. The van der Waals surface area contributed by atoms with E-state index in [-0.39, 0.29) is 16.7 Å². The van der Waals surface area contributed by atoms with Crippen molar-refractivity contribution in [3.63, 3.8) is 0 Å². The number of morpholine rings is 1. The molecule has 1 saturated heterocycles. The number of pyridine rings is 1. The average Bonchev–Trinajstić information content (AvgIpc) is 2.74. The summed E-state index contributed by atoms with van der Waals surface area (Å²) < 4.78 is 5.42. The van der Waals surface area contributed by atoms with Gasteiger partial charge in [0.1, 0.15) is 0 Å². The number of para-hydroxylation sites is 1. The van der Waals surface area contributed by atoms with E-state index < -0.39 is 0 Å². The molecule has 0 aliphatic carbocycles. The third kappa shape index (κ3) is 4.00. The van der Waals surface area contributed by atoms with Gasteiger partial charge in [0.25, 0.3) is 5.69 Å². The normalized spacial score (nSPS) is 15.3. The first kappa shape index (κ1) is 19.1. The lowest BCUT2D eigenvalue weighted by atomic mass is 10.1. The molecule has 1 atom stereocenters. The molecule has 7 nitrogen and oxygen atoms in total. The standard InChI is InChI=1S/C22H24N4O3/c1-15-14-20(19-4-3-5-21(26(27)28)22(19)23-15)24-16(2)17-6-8-18(9-7-17)25-10-12-29-13-11-25/h3-9,14,16H,10-13H2,1-2H3,(H,23,24). The number of nitro benzene ring substituents is 1. The molecule has 0 radical (unpaired) electrons. The zero-order chi connectivity index (χ0) is 20.4. The van der Waals surface area contributed by atoms with Gasteiger partial charge in [-0.1, -0.05) is 24.3 Å². The Balaban J connectivity index is 1.59. The minimum absolute atomic E-state index is 0.0248. The highest BCUT2D eigenvalue weighted by atomic mass is 16.6. The number of aryl methyl sites for hydroxylation is 1. The summed E-state index contributed by atoms with van der Waals surface area (Å²) in [6.45, 7) is 7.29. The number of aromatic nitrogens is 1. The molecule has 1 aromatic heterocycles. The molecule has 1 unspecified atom stereocenters. The lowest BCUT2D eigenvalue weighted by Crippen LogP contribution is -2.36. The van der Waals surface area contributed by atoms with Crippen LogP contribution in [0.3, 0.4) is 0 Å². The van der Waals surface area contributed by atoms with Gasteiger partial charge in [0.05, 0.1) is 18.1 Å². The topological polar surface area (TPSA) is 80.5 Å². The molecule has 0 amide bonds. The van der Waals surface area contributed by atoms with Gasteiger partial charge >= 0.3 is 0 Å². The van der Waals surface area contributed by atoms with E-state index >= 15 is 0 Å². The van der Waals surface area contributed by atoms with Crippen molar-refractivity contribution in [1.82, 2.24) is 4.98 Å². The molecular formula is C22H24N4O3. The van der Waals surface area contributed by atoms with Gasteiger partial charge in [0.2, 0.25) is 0 Å². The molecule has 0 bridgehead atoms. The second-order valence-corrected chi connectivity index (χ2v) is 7.30. The summed E-state index contributed by atoms with van der Waals surface area (Å²) >= 11 is 0. The Bertz CT molecular complexity index is 1030. The molecule has 2 aromatic carbocycles. The van der Waals surface area contributed by atoms with Crippen molar-refractivity contribution in [2.24, 2.45) is 0 Å². The number of fused-ring (bicyclic) bond motifs is 1. The van der Waals surface area contributed by atoms with Gasteiger partial charge in [0.15, 0.2) is 5.52 Å². The Morgan fingerprint density at radius 3 is 2.59 bits per heavy atom. The number of anilines is 2. The van der Waals surface area contributed by atoms with Crippen molar-refractivity contribution >= 4 is 28.0 Å². The molecule has 1 aliphatic heterocycles. The van der Waals surface area contributed by atoms with Crippen LogP contribution in [0.1, 0.15) is 24.2 Å². The van der Waals surface area contributed by atoms with E-state index in [1.54, 1.807) is 6.07 Å². The number of hydrogen-bond donors (Lipinski definition) is 1. The molecule has 1 fully saturated rings. The summed E-state index contributed by atoms with van der Waals surface area (Å²) in [6, 6.07) is 15.6. The largest absolute Gasteiger partial charge is 0.378 e. The Hall–Kier alpha value is -3.19. The number of nitrogens with one attached hydrogen (secondary N) is 1. The van der Waals surface area contributed by atoms with E-state index in [0.717, 1.165) is 48.6 Å². The molecule has 7 heteroatoms. The van der Waals surface area contributed by atoms with Crippen LogP contribution in [0.5, 0.6) is 0 Å². The molecule has 1 N–H and O–H groups in total. The van der Waals surface area contributed by atoms with Crippen molar-refractivity contribution in [3.8, 4) is 0 Å². The lowest BCUT2D eigenvalue weighted by Gasteiger charge is -2.29. The Kier molecular flexibility index (Phi) is 5.31. The molecule has 29 heavy (non-hydrogen) atoms. The molecule has 4 rings (SSSR count). The van der Waals surface area contributed by atoms with E-state index in [2.05, 4.69) is 46.4 Å². The van der Waals surface area contributed by atoms with Crippen LogP contribution in [0.15, 0.2) is 48.5 Å². The number of non-ortho nitro benzene ring substituents is 1. The monoisotopic (exact) mass is 392 g/mol. The van der Waals surface area contributed by atoms with Gasteiger partial charge in [-0.15, -0.1) is 0 Å². The van der Waals surface area contributed by atoms with Crippen LogP contribution in [0.25, 0.3) is 10.9 Å². The lowest BCUT2D eigenvalue weighted by molar-refractivity contribution is -0.383. The van der Waals surface area contributed by atoms with Crippen molar-refractivity contribution in [3.05, 3.63) is 69.9 Å². The van der Waals surface area contributed by atoms with Crippen LogP contribution in [0.2, 0.25) is 0 Å². The van der Waals surface area contributed by atoms with Crippen LogP contribution >= 0.6 is 0 Å². The van der Waals surface area contributed by atoms with Crippen molar-refractivity contribution in [2.45, 2.75) is 19.9 Å². The second kappa shape index (κ2) is 8.05. The summed E-state index contributed by atoms with van der Waals surface area (Å²) in [5, 5.41) is 15.6. The van der Waals surface area contributed by atoms with E-state index in [4.69, 9.17) is 4.74 Å². The number of benzene rings is 2. The molecule has 1 aliphatic rings. The highest BCUT2D eigenvalue weighted by molar-refractivity contribution is 5.96. The number of hydrogen-bond acceptors (Lipinski definition) is 6. The maximum atomic E-state index is 11.4. The predicted molar refractivity (Wildman–Crippen MR) is 115 cm³/mol. The highest BCUT2D eigenvalue weighted by Crippen LogP contribution is 2.32. The van der Waals surface area contributed by atoms with Gasteiger partial charge < -0.3 is 15.0 Å². The molecule has 0 spiro atoms. The minimum Gasteiger partial charge on any atom is -0.378 e. The zero-order valence-corrected chi connectivity index (χ0v) is 16.6. The number of nitro groups is 1. The molecule has 150 valence electrons. The van der Waals surface area contributed by atoms with Crippen LogP contribution in [0, 0.1) is 17.0 Å². The van der Waals surface area contributed by atoms with Crippen LogP contribution in [0.4, 0.5) is 17.1 Å². The molecular weight excluding hydrogens is 368 g/mol. The first-order valence-corrected chi connectivity index (χ1v) is 9.77. The zero-order valence-electron chi connectivity index (χ0n) is 16.6. The van der Waals surface area contributed by atoms with E-state index in [1.165, 1.54) is 11.8 Å². The highest BCUT2D eigenvalue weighted by Gasteiger charge is 2.17. The fraction of sp³-hybridized carbons (Fsp3) is 0.318.